The van der Waals surface area contributed by atoms with Gasteiger partial charge in [-0.15, -0.1) is 0 Å². The number of hydrogen-bond donors (Lipinski definition) is 1. The fourth-order valence-electron chi connectivity index (χ4n) is 7.48. The van der Waals surface area contributed by atoms with Crippen LogP contribution in [0.25, 0.3) is 0 Å². The minimum Gasteiger partial charge on any atom is -0.756 e. The van der Waals surface area contributed by atoms with Gasteiger partial charge in [0.1, 0.15) is 19.3 Å². The third kappa shape index (κ3) is 48.5. The van der Waals surface area contributed by atoms with Crippen molar-refractivity contribution in [1.29, 1.82) is 0 Å². The number of allylic oxidation sites excluding steroid dienone is 11. The van der Waals surface area contributed by atoms with Crippen molar-refractivity contribution in [2.45, 2.75) is 245 Å². The maximum atomic E-state index is 13.4. The number of nitrogens with zero attached hydrogens (tertiary/aromatic N) is 1. The number of unbranched alkanes of at least 4 members (excludes halogenated alkanes) is 23. The number of amides is 1. The first kappa shape index (κ1) is 65.5. The Morgan fingerprint density at radius 3 is 1.44 bits per heavy atom. The van der Waals surface area contributed by atoms with E-state index in [9.17, 15) is 19.0 Å². The van der Waals surface area contributed by atoms with Crippen LogP contribution in [-0.2, 0) is 27.9 Å². The Balaban J connectivity index is 5.41. The van der Waals surface area contributed by atoms with Gasteiger partial charge in [-0.1, -0.05) is 197 Å². The van der Waals surface area contributed by atoms with Gasteiger partial charge >= 0.3 is 5.97 Å². The van der Waals surface area contributed by atoms with E-state index in [4.69, 9.17) is 13.8 Å². The van der Waals surface area contributed by atoms with E-state index < -0.39 is 26.6 Å². The van der Waals surface area contributed by atoms with E-state index in [0.717, 1.165) is 103 Å². The smallest absolute Gasteiger partial charge is 0.306 e. The predicted octanol–water partition coefficient (Wildman–Crippen LogP) is 15.9. The highest BCUT2D eigenvalue weighted by atomic mass is 31.2. The van der Waals surface area contributed by atoms with Crippen molar-refractivity contribution in [2.24, 2.45) is 0 Å². The molecular weight excluding hydrogens is 868 g/mol. The van der Waals surface area contributed by atoms with Crippen LogP contribution in [0.15, 0.2) is 72.9 Å². The molecule has 0 radical (unpaired) electrons. The number of ether oxygens (including phenoxy) is 1. The lowest BCUT2D eigenvalue weighted by Crippen LogP contribution is -2.47. The normalized spacial score (nSPS) is 14.4. The predicted molar refractivity (Wildman–Crippen MR) is 288 cm³/mol. The molecule has 0 heterocycles. The molecule has 0 saturated carbocycles. The number of rotatable bonds is 49. The van der Waals surface area contributed by atoms with Crippen molar-refractivity contribution in [3.05, 3.63) is 72.9 Å². The second-order valence-electron chi connectivity index (χ2n) is 19.7. The summed E-state index contributed by atoms with van der Waals surface area (Å²) < 4.78 is 30.1. The van der Waals surface area contributed by atoms with E-state index in [1.54, 1.807) is 0 Å². The number of hydrogen-bond acceptors (Lipinski definition) is 7. The number of nitrogens with one attached hydrogen (secondary N) is 1. The Morgan fingerprint density at radius 1 is 0.515 bits per heavy atom. The fourth-order valence-corrected chi connectivity index (χ4v) is 8.21. The van der Waals surface area contributed by atoms with Crippen LogP contribution in [0.4, 0.5) is 0 Å². The Bertz CT molecular complexity index is 1400. The number of phosphoric ester groups is 1. The van der Waals surface area contributed by atoms with Crippen molar-refractivity contribution in [1.82, 2.24) is 5.32 Å². The van der Waals surface area contributed by atoms with Gasteiger partial charge in [0.05, 0.1) is 33.8 Å². The molecule has 0 rings (SSSR count). The minimum absolute atomic E-state index is 0.0317. The van der Waals surface area contributed by atoms with E-state index >= 15 is 0 Å². The first-order valence-electron chi connectivity index (χ1n) is 27.7. The van der Waals surface area contributed by atoms with Crippen LogP contribution in [0.2, 0.25) is 0 Å². The van der Waals surface area contributed by atoms with Gasteiger partial charge in [-0.25, -0.2) is 0 Å². The molecule has 0 aromatic heterocycles. The van der Waals surface area contributed by atoms with Gasteiger partial charge in [-0.05, 0) is 96.0 Å². The third-order valence-corrected chi connectivity index (χ3v) is 12.8. The molecule has 3 unspecified atom stereocenters. The molecule has 0 fully saturated rings. The van der Waals surface area contributed by atoms with Gasteiger partial charge in [0.15, 0.2) is 0 Å². The average Bonchev–Trinajstić information content (AvgIpc) is 3.29. The molecule has 0 aromatic rings. The third-order valence-electron chi connectivity index (χ3n) is 11.9. The van der Waals surface area contributed by atoms with Gasteiger partial charge < -0.3 is 28.5 Å². The van der Waals surface area contributed by atoms with Crippen LogP contribution < -0.4 is 10.2 Å². The van der Waals surface area contributed by atoms with Crippen molar-refractivity contribution >= 4 is 19.7 Å². The quantitative estimate of drug-likeness (QED) is 0.0212. The zero-order valence-electron chi connectivity index (χ0n) is 44.8. The lowest BCUT2D eigenvalue weighted by atomic mass is 10.0. The van der Waals surface area contributed by atoms with E-state index in [1.807, 2.05) is 33.3 Å². The van der Waals surface area contributed by atoms with E-state index in [0.29, 0.717) is 23.9 Å². The van der Waals surface area contributed by atoms with E-state index in [-0.39, 0.29) is 24.9 Å². The Hall–Kier alpha value is -2.55. The molecule has 0 aliphatic heterocycles. The highest BCUT2D eigenvalue weighted by Crippen LogP contribution is 2.38. The van der Waals surface area contributed by atoms with Crippen molar-refractivity contribution in [3.8, 4) is 0 Å². The number of esters is 1. The summed E-state index contributed by atoms with van der Waals surface area (Å²) in [6.07, 6.45) is 60.1. The molecule has 3 atom stereocenters. The summed E-state index contributed by atoms with van der Waals surface area (Å²) in [6.45, 7) is 6.73. The van der Waals surface area contributed by atoms with Gasteiger partial charge in [-0.2, -0.15) is 0 Å². The first-order chi connectivity index (χ1) is 32.9. The lowest BCUT2D eigenvalue weighted by Gasteiger charge is -2.30. The lowest BCUT2D eigenvalue weighted by molar-refractivity contribution is -0.870. The van der Waals surface area contributed by atoms with Crippen LogP contribution >= 0.6 is 7.82 Å². The van der Waals surface area contributed by atoms with E-state index in [1.165, 1.54) is 89.9 Å². The van der Waals surface area contributed by atoms with Gasteiger partial charge in [0, 0.05) is 12.8 Å². The van der Waals surface area contributed by atoms with Crippen molar-refractivity contribution in [3.63, 3.8) is 0 Å². The fraction of sp³-hybridized carbons (Fsp3) is 0.759. The number of quaternary nitrogens is 1. The number of carbonyl (C=O) groups is 2. The molecule has 394 valence electrons. The summed E-state index contributed by atoms with van der Waals surface area (Å²) in [7, 11) is 1.15. The maximum absolute atomic E-state index is 13.4. The van der Waals surface area contributed by atoms with Gasteiger partial charge in [0.2, 0.25) is 5.91 Å². The van der Waals surface area contributed by atoms with Crippen LogP contribution in [0, 0.1) is 0 Å². The van der Waals surface area contributed by atoms with Crippen LogP contribution in [0.3, 0.4) is 0 Å². The second-order valence-corrected chi connectivity index (χ2v) is 21.1. The van der Waals surface area contributed by atoms with Crippen LogP contribution in [0.1, 0.15) is 233 Å². The first-order valence-corrected chi connectivity index (χ1v) is 29.2. The zero-order valence-corrected chi connectivity index (χ0v) is 45.7. The monoisotopic (exact) mass is 973 g/mol. The second kappa shape index (κ2) is 48.1. The Morgan fingerprint density at radius 2 is 0.912 bits per heavy atom. The zero-order chi connectivity index (χ0) is 50.1. The van der Waals surface area contributed by atoms with Crippen LogP contribution in [-0.4, -0.2) is 69.4 Å². The van der Waals surface area contributed by atoms with Gasteiger partial charge in [-0.3, -0.25) is 14.2 Å². The minimum atomic E-state index is -4.70. The van der Waals surface area contributed by atoms with Gasteiger partial charge in [0.25, 0.3) is 7.82 Å². The Labute approximate surface area is 419 Å². The highest BCUT2D eigenvalue weighted by molar-refractivity contribution is 7.45. The SMILES string of the molecule is CCCC/C=C\CCCCCCCC(=O)NC(COP(=O)([O-])OCC[N+](C)(C)C)C(/C=C\CCCCCCCCCCCC)OC(=O)CCCCC/C=C\C/C=C\C/C=C\C/C=C\CCCCC. The molecule has 0 saturated heterocycles. The summed E-state index contributed by atoms with van der Waals surface area (Å²) in [4.78, 5) is 39.7. The standard InChI is InChI=1S/C58H105N2O7P/c1-7-10-13-16-19-22-25-27-28-29-30-31-32-33-36-39-42-45-48-51-58(62)67-56(49-46-43-40-37-35-26-23-20-17-14-11-8-2)55(54-66-68(63,64)65-53-52-60(4,5)6)59-57(61)50-47-44-41-38-34-24-21-18-15-12-9-3/h18-19,21-22,27-28,30-31,33,36,46,49,55-56H,7-17,20,23-26,29,32,34-35,37-45,47-48,50-54H2,1-6H3,(H-,59,61,63,64)/b21-18-,22-19-,28-27-,31-30-,36-33-,49-46-. The number of likely N-dealkylation sites (N-methyl/N-ethyl adjacent to an activating group) is 1. The van der Waals surface area contributed by atoms with E-state index in [2.05, 4.69) is 86.8 Å². The molecule has 9 nitrogen and oxygen atoms in total. The molecule has 0 aliphatic carbocycles. The molecule has 0 bridgehead atoms. The molecule has 1 amide bonds. The summed E-state index contributed by atoms with van der Waals surface area (Å²) in [6, 6.07) is -0.906. The molecular formula is C58H105N2O7P. The Kier molecular flexibility index (Phi) is 46.3. The molecule has 10 heteroatoms. The highest BCUT2D eigenvalue weighted by Gasteiger charge is 2.27. The average molecular weight is 973 g/mol. The maximum Gasteiger partial charge on any atom is 0.306 e. The van der Waals surface area contributed by atoms with Crippen LogP contribution in [0.5, 0.6) is 0 Å². The number of carbonyl (C=O) groups excluding carboxylic acids is 2. The summed E-state index contributed by atoms with van der Waals surface area (Å²) in [5.74, 6) is -0.592. The number of phosphoric acid groups is 1. The molecule has 0 aliphatic rings. The molecule has 0 aromatic carbocycles. The molecule has 0 spiro atoms. The summed E-state index contributed by atoms with van der Waals surface area (Å²) >= 11 is 0. The summed E-state index contributed by atoms with van der Waals surface area (Å²) in [5.41, 5.74) is 0. The molecule has 68 heavy (non-hydrogen) atoms. The van der Waals surface area contributed by atoms with Crippen molar-refractivity contribution < 1.29 is 37.3 Å². The summed E-state index contributed by atoms with van der Waals surface area (Å²) in [5, 5.41) is 3.00. The molecule has 1 N–H and O–H groups in total. The largest absolute Gasteiger partial charge is 0.756 e. The topological polar surface area (TPSA) is 114 Å². The van der Waals surface area contributed by atoms with Crippen molar-refractivity contribution in [2.75, 3.05) is 40.9 Å².